The summed E-state index contributed by atoms with van der Waals surface area (Å²) in [5, 5.41) is 3.16. The van der Waals surface area contributed by atoms with Crippen LogP contribution in [-0.4, -0.2) is 24.7 Å². The average Bonchev–Trinajstić information content (AvgIpc) is 2.26. The van der Waals surface area contributed by atoms with Crippen molar-refractivity contribution in [3.05, 3.63) is 17.8 Å². The molecule has 4 nitrogen and oxygen atoms in total. The van der Waals surface area contributed by atoms with E-state index in [1.807, 2.05) is 13.0 Å². The predicted octanol–water partition coefficient (Wildman–Crippen LogP) is 2.20. The molecule has 1 aromatic heterocycles. The van der Waals surface area contributed by atoms with Crippen LogP contribution in [0.25, 0.3) is 0 Å². The number of aromatic nitrogens is 1. The Morgan fingerprint density at radius 2 is 2.25 bits per heavy atom. The van der Waals surface area contributed by atoms with E-state index in [-0.39, 0.29) is 0 Å². The fourth-order valence-electron chi connectivity index (χ4n) is 1.33. The van der Waals surface area contributed by atoms with Gasteiger partial charge in [0, 0.05) is 19.3 Å². The summed E-state index contributed by atoms with van der Waals surface area (Å²) in [4.78, 5) is 4.22. The number of hydrogen-bond donors (Lipinski definition) is 2. The molecule has 0 saturated heterocycles. The number of pyridine rings is 1. The second-order valence-electron chi connectivity index (χ2n) is 3.84. The second-order valence-corrected chi connectivity index (χ2v) is 3.84. The van der Waals surface area contributed by atoms with Crippen molar-refractivity contribution in [3.63, 3.8) is 0 Å². The van der Waals surface area contributed by atoms with Crippen LogP contribution in [0.4, 0.5) is 11.5 Å². The Balaban J connectivity index is 2.21. The van der Waals surface area contributed by atoms with E-state index in [2.05, 4.69) is 17.2 Å². The molecule has 0 aliphatic carbocycles. The highest BCUT2D eigenvalue weighted by molar-refractivity contribution is 5.61. The Morgan fingerprint density at radius 3 is 2.94 bits per heavy atom. The van der Waals surface area contributed by atoms with Gasteiger partial charge < -0.3 is 15.8 Å². The van der Waals surface area contributed by atoms with Crippen LogP contribution in [0.2, 0.25) is 0 Å². The summed E-state index contributed by atoms with van der Waals surface area (Å²) in [6, 6.07) is 1.91. The van der Waals surface area contributed by atoms with Gasteiger partial charge in [-0.1, -0.05) is 13.3 Å². The SMILES string of the molecule is CCCCOCCNc1ncc(C)cc1N. The lowest BCUT2D eigenvalue weighted by atomic mass is 10.3. The Morgan fingerprint density at radius 1 is 1.44 bits per heavy atom. The van der Waals surface area contributed by atoms with Crippen molar-refractivity contribution in [2.45, 2.75) is 26.7 Å². The average molecular weight is 223 g/mol. The second kappa shape index (κ2) is 7.06. The van der Waals surface area contributed by atoms with E-state index in [4.69, 9.17) is 10.5 Å². The van der Waals surface area contributed by atoms with Crippen molar-refractivity contribution in [1.29, 1.82) is 0 Å². The summed E-state index contributed by atoms with van der Waals surface area (Å²) >= 11 is 0. The normalized spacial score (nSPS) is 10.4. The maximum atomic E-state index is 5.82. The molecular weight excluding hydrogens is 202 g/mol. The third-order valence-corrected chi connectivity index (χ3v) is 2.23. The number of hydrogen-bond acceptors (Lipinski definition) is 4. The molecule has 3 N–H and O–H groups in total. The number of anilines is 2. The lowest BCUT2D eigenvalue weighted by molar-refractivity contribution is 0.141. The lowest BCUT2D eigenvalue weighted by Gasteiger charge is -2.09. The van der Waals surface area contributed by atoms with Gasteiger partial charge in [0.2, 0.25) is 0 Å². The van der Waals surface area contributed by atoms with E-state index in [1.165, 1.54) is 6.42 Å². The highest BCUT2D eigenvalue weighted by atomic mass is 16.5. The first kappa shape index (κ1) is 12.8. The smallest absolute Gasteiger partial charge is 0.149 e. The zero-order valence-corrected chi connectivity index (χ0v) is 10.1. The molecule has 0 fully saturated rings. The first-order valence-corrected chi connectivity index (χ1v) is 5.77. The molecule has 0 amide bonds. The Kier molecular flexibility index (Phi) is 5.64. The van der Waals surface area contributed by atoms with E-state index in [0.29, 0.717) is 12.3 Å². The number of ether oxygens (including phenoxy) is 1. The maximum Gasteiger partial charge on any atom is 0.149 e. The van der Waals surface area contributed by atoms with Crippen LogP contribution in [-0.2, 0) is 4.74 Å². The maximum absolute atomic E-state index is 5.82. The summed E-state index contributed by atoms with van der Waals surface area (Å²) in [5.41, 5.74) is 7.58. The molecular formula is C12H21N3O. The molecule has 16 heavy (non-hydrogen) atoms. The van der Waals surface area contributed by atoms with Gasteiger partial charge in [0.05, 0.1) is 12.3 Å². The zero-order chi connectivity index (χ0) is 11.8. The monoisotopic (exact) mass is 223 g/mol. The Labute approximate surface area is 97.2 Å². The van der Waals surface area contributed by atoms with Crippen LogP contribution >= 0.6 is 0 Å². The van der Waals surface area contributed by atoms with Gasteiger partial charge in [-0.2, -0.15) is 0 Å². The van der Waals surface area contributed by atoms with E-state index in [0.717, 1.165) is 31.0 Å². The van der Waals surface area contributed by atoms with Gasteiger partial charge in [-0.3, -0.25) is 0 Å². The quantitative estimate of drug-likeness (QED) is 0.696. The summed E-state index contributed by atoms with van der Waals surface area (Å²) in [6.07, 6.45) is 4.08. The summed E-state index contributed by atoms with van der Waals surface area (Å²) in [6.45, 7) is 6.38. The summed E-state index contributed by atoms with van der Waals surface area (Å²) < 4.78 is 5.43. The van der Waals surface area contributed by atoms with E-state index in [9.17, 15) is 0 Å². The fourth-order valence-corrected chi connectivity index (χ4v) is 1.33. The molecule has 90 valence electrons. The number of rotatable bonds is 7. The highest BCUT2D eigenvalue weighted by Crippen LogP contribution is 2.14. The minimum Gasteiger partial charge on any atom is -0.396 e. The van der Waals surface area contributed by atoms with Crippen LogP contribution in [0.3, 0.4) is 0 Å². The van der Waals surface area contributed by atoms with E-state index >= 15 is 0 Å². The van der Waals surface area contributed by atoms with Crippen molar-refractivity contribution in [2.75, 3.05) is 30.8 Å². The molecule has 0 atom stereocenters. The van der Waals surface area contributed by atoms with Gasteiger partial charge in [0.25, 0.3) is 0 Å². The highest BCUT2D eigenvalue weighted by Gasteiger charge is 1.99. The minimum atomic E-state index is 0.688. The molecule has 0 aromatic carbocycles. The molecule has 0 spiro atoms. The van der Waals surface area contributed by atoms with Crippen LogP contribution in [0.15, 0.2) is 12.3 Å². The van der Waals surface area contributed by atoms with E-state index in [1.54, 1.807) is 6.20 Å². The van der Waals surface area contributed by atoms with Gasteiger partial charge in [-0.15, -0.1) is 0 Å². The Hall–Kier alpha value is -1.29. The topological polar surface area (TPSA) is 60.2 Å². The largest absolute Gasteiger partial charge is 0.396 e. The van der Waals surface area contributed by atoms with Crippen LogP contribution in [0.1, 0.15) is 25.3 Å². The molecule has 0 unspecified atom stereocenters. The number of nitrogens with one attached hydrogen (secondary N) is 1. The van der Waals surface area contributed by atoms with Gasteiger partial charge >= 0.3 is 0 Å². The predicted molar refractivity (Wildman–Crippen MR) is 67.6 cm³/mol. The first-order valence-electron chi connectivity index (χ1n) is 5.77. The minimum absolute atomic E-state index is 0.688. The van der Waals surface area contributed by atoms with Crippen molar-refractivity contribution >= 4 is 11.5 Å². The number of unbranched alkanes of at least 4 members (excludes halogenated alkanes) is 1. The molecule has 1 heterocycles. The van der Waals surface area contributed by atoms with Crippen molar-refractivity contribution < 1.29 is 4.74 Å². The zero-order valence-electron chi connectivity index (χ0n) is 10.1. The number of nitrogens with two attached hydrogens (primary N) is 1. The lowest BCUT2D eigenvalue weighted by Crippen LogP contribution is -2.12. The number of aryl methyl sites for hydroxylation is 1. The van der Waals surface area contributed by atoms with Crippen LogP contribution in [0.5, 0.6) is 0 Å². The van der Waals surface area contributed by atoms with Gasteiger partial charge in [-0.05, 0) is 25.0 Å². The molecule has 0 saturated carbocycles. The molecule has 0 aliphatic heterocycles. The fraction of sp³-hybridized carbons (Fsp3) is 0.583. The molecule has 4 heteroatoms. The molecule has 0 bridgehead atoms. The van der Waals surface area contributed by atoms with Gasteiger partial charge in [0.15, 0.2) is 0 Å². The van der Waals surface area contributed by atoms with Crippen LogP contribution in [0, 0.1) is 6.92 Å². The molecule has 1 aromatic rings. The van der Waals surface area contributed by atoms with Gasteiger partial charge in [0.1, 0.15) is 5.82 Å². The molecule has 0 aliphatic rings. The van der Waals surface area contributed by atoms with Crippen molar-refractivity contribution in [3.8, 4) is 0 Å². The first-order chi connectivity index (χ1) is 7.74. The standard InChI is InChI=1S/C12H21N3O/c1-3-4-6-16-7-5-14-12-11(13)8-10(2)9-15-12/h8-9H,3-7,13H2,1-2H3,(H,14,15). The van der Waals surface area contributed by atoms with Crippen molar-refractivity contribution in [2.24, 2.45) is 0 Å². The van der Waals surface area contributed by atoms with Crippen molar-refractivity contribution in [1.82, 2.24) is 4.98 Å². The Bertz CT molecular complexity index is 315. The van der Waals surface area contributed by atoms with Gasteiger partial charge in [-0.25, -0.2) is 4.98 Å². The van der Waals surface area contributed by atoms with Crippen LogP contribution < -0.4 is 11.1 Å². The third-order valence-electron chi connectivity index (χ3n) is 2.23. The third kappa shape index (κ3) is 4.49. The number of nitrogens with zero attached hydrogens (tertiary/aromatic N) is 1. The van der Waals surface area contributed by atoms with E-state index < -0.39 is 0 Å². The summed E-state index contributed by atoms with van der Waals surface area (Å²) in [5.74, 6) is 0.740. The molecule has 0 radical (unpaired) electrons. The molecule has 1 rings (SSSR count). The number of nitrogen functional groups attached to an aromatic ring is 1. The summed E-state index contributed by atoms with van der Waals surface area (Å²) in [7, 11) is 0.